The summed E-state index contributed by atoms with van der Waals surface area (Å²) in [5.74, 6) is -1.000. The molecule has 3 N–H and O–H groups in total. The molecule has 1 aromatic heterocycles. The third-order valence-electron chi connectivity index (χ3n) is 4.79. The van der Waals surface area contributed by atoms with E-state index in [9.17, 15) is 9.59 Å². The lowest BCUT2D eigenvalue weighted by molar-refractivity contribution is -0.142. The highest BCUT2D eigenvalue weighted by atomic mass is 16.4. The first kappa shape index (κ1) is 18.0. The minimum absolute atomic E-state index is 0.0575. The third kappa shape index (κ3) is 5.08. The summed E-state index contributed by atoms with van der Waals surface area (Å²) in [4.78, 5) is 23.0. The Labute approximate surface area is 152 Å². The van der Waals surface area contributed by atoms with E-state index in [1.54, 1.807) is 6.20 Å². The van der Waals surface area contributed by atoms with Crippen molar-refractivity contribution in [3.05, 3.63) is 53.9 Å². The summed E-state index contributed by atoms with van der Waals surface area (Å²) in [7, 11) is 0. The molecule has 2 aromatic rings. The Kier molecular flexibility index (Phi) is 5.88. The molecule has 1 aromatic carbocycles. The van der Waals surface area contributed by atoms with E-state index in [0.29, 0.717) is 32.2 Å². The highest BCUT2D eigenvalue weighted by Gasteiger charge is 2.26. The molecule has 7 nitrogen and oxygen atoms in total. The van der Waals surface area contributed by atoms with Gasteiger partial charge in [0, 0.05) is 25.0 Å². The number of aromatic nitrogens is 2. The van der Waals surface area contributed by atoms with Crippen LogP contribution in [0.1, 0.15) is 36.8 Å². The summed E-state index contributed by atoms with van der Waals surface area (Å²) in [5.41, 5.74) is 2.18. The number of carbonyl (C=O) groups is 2. The number of hydrogen-bond acceptors (Lipinski definition) is 3. The first-order valence-corrected chi connectivity index (χ1v) is 8.92. The van der Waals surface area contributed by atoms with E-state index in [2.05, 4.69) is 15.7 Å². The topological polar surface area (TPSA) is 96.3 Å². The molecular formula is C19H24N4O3. The maximum absolute atomic E-state index is 12.0. The molecule has 0 atom stereocenters. The van der Waals surface area contributed by atoms with Gasteiger partial charge < -0.3 is 15.7 Å². The summed E-state index contributed by atoms with van der Waals surface area (Å²) < 4.78 is 1.86. The second-order valence-corrected chi connectivity index (χ2v) is 6.73. The summed E-state index contributed by atoms with van der Waals surface area (Å²) in [6.07, 6.45) is 6.35. The normalized spacial score (nSPS) is 19.7. The molecule has 0 spiro atoms. The summed E-state index contributed by atoms with van der Waals surface area (Å²) in [6.45, 7) is 1.18. The number of carbonyl (C=O) groups excluding carboxylic acids is 1. The number of carboxylic acids is 1. The van der Waals surface area contributed by atoms with Gasteiger partial charge in [-0.15, -0.1) is 0 Å². The minimum atomic E-state index is -0.732. The van der Waals surface area contributed by atoms with Crippen LogP contribution in [-0.2, 0) is 17.9 Å². The Bertz CT molecular complexity index is 720. The van der Waals surface area contributed by atoms with Crippen LogP contribution >= 0.6 is 0 Å². The lowest BCUT2D eigenvalue weighted by Crippen LogP contribution is -2.43. The molecule has 0 unspecified atom stereocenters. The van der Waals surface area contributed by atoms with Crippen LogP contribution in [-0.4, -0.2) is 32.9 Å². The number of hydrogen-bond donors (Lipinski definition) is 3. The lowest BCUT2D eigenvalue weighted by Gasteiger charge is -2.26. The van der Waals surface area contributed by atoms with Crippen molar-refractivity contribution in [2.75, 3.05) is 0 Å². The van der Waals surface area contributed by atoms with Gasteiger partial charge in [-0.25, -0.2) is 4.79 Å². The number of rotatable bonds is 6. The van der Waals surface area contributed by atoms with Crippen LogP contribution in [0.4, 0.5) is 4.79 Å². The quantitative estimate of drug-likeness (QED) is 0.740. The zero-order chi connectivity index (χ0) is 18.4. The first-order valence-electron chi connectivity index (χ1n) is 8.92. The number of amides is 2. The lowest BCUT2D eigenvalue weighted by atomic mass is 9.86. The summed E-state index contributed by atoms with van der Waals surface area (Å²) >= 11 is 0. The third-order valence-corrected chi connectivity index (χ3v) is 4.79. The zero-order valence-corrected chi connectivity index (χ0v) is 14.6. The number of urea groups is 1. The van der Waals surface area contributed by atoms with Crippen LogP contribution in [0.2, 0.25) is 0 Å². The van der Waals surface area contributed by atoms with Gasteiger partial charge >= 0.3 is 12.0 Å². The highest BCUT2D eigenvalue weighted by molar-refractivity contribution is 5.74. The fourth-order valence-corrected chi connectivity index (χ4v) is 3.25. The molecule has 1 fully saturated rings. The average Bonchev–Trinajstić information content (AvgIpc) is 3.15. The molecule has 0 bridgehead atoms. The van der Waals surface area contributed by atoms with Gasteiger partial charge in [0.1, 0.15) is 0 Å². The van der Waals surface area contributed by atoms with Gasteiger partial charge in [0.15, 0.2) is 0 Å². The Morgan fingerprint density at radius 1 is 1.12 bits per heavy atom. The number of aliphatic carboxylic acids is 1. The van der Waals surface area contributed by atoms with Crippen LogP contribution in [0, 0.1) is 5.92 Å². The Morgan fingerprint density at radius 2 is 1.81 bits per heavy atom. The van der Waals surface area contributed by atoms with Crippen molar-refractivity contribution in [2.24, 2.45) is 5.92 Å². The van der Waals surface area contributed by atoms with Crippen LogP contribution in [0.5, 0.6) is 0 Å². The monoisotopic (exact) mass is 356 g/mol. The second kappa shape index (κ2) is 8.51. The van der Waals surface area contributed by atoms with E-state index >= 15 is 0 Å². The van der Waals surface area contributed by atoms with E-state index in [0.717, 1.165) is 17.7 Å². The largest absolute Gasteiger partial charge is 0.481 e. The van der Waals surface area contributed by atoms with E-state index in [1.807, 2.05) is 41.2 Å². The minimum Gasteiger partial charge on any atom is -0.481 e. The summed E-state index contributed by atoms with van der Waals surface area (Å²) in [6, 6.07) is 9.80. The van der Waals surface area contributed by atoms with Gasteiger partial charge in [-0.3, -0.25) is 9.48 Å². The van der Waals surface area contributed by atoms with Crippen molar-refractivity contribution in [3.8, 4) is 0 Å². The van der Waals surface area contributed by atoms with Crippen molar-refractivity contribution in [3.63, 3.8) is 0 Å². The molecule has 1 saturated carbocycles. The Balaban J connectivity index is 1.40. The fourth-order valence-electron chi connectivity index (χ4n) is 3.25. The van der Waals surface area contributed by atoms with E-state index in [4.69, 9.17) is 5.11 Å². The van der Waals surface area contributed by atoms with Crippen molar-refractivity contribution < 1.29 is 14.7 Å². The first-order chi connectivity index (χ1) is 12.6. The van der Waals surface area contributed by atoms with Gasteiger partial charge in [-0.2, -0.15) is 5.10 Å². The van der Waals surface area contributed by atoms with Crippen LogP contribution in [0.15, 0.2) is 42.7 Å². The maximum Gasteiger partial charge on any atom is 0.315 e. The van der Waals surface area contributed by atoms with Gasteiger partial charge in [0.2, 0.25) is 0 Å². The molecule has 138 valence electrons. The van der Waals surface area contributed by atoms with E-state index in [-0.39, 0.29) is 18.0 Å². The number of nitrogens with zero attached hydrogens (tertiary/aromatic N) is 2. The van der Waals surface area contributed by atoms with Crippen LogP contribution in [0.25, 0.3) is 0 Å². The van der Waals surface area contributed by atoms with Gasteiger partial charge in [0.25, 0.3) is 0 Å². The Hall–Kier alpha value is -2.83. The molecule has 1 aliphatic rings. The smallest absolute Gasteiger partial charge is 0.315 e. The molecule has 3 rings (SSSR count). The predicted molar refractivity (Wildman–Crippen MR) is 96.5 cm³/mol. The second-order valence-electron chi connectivity index (χ2n) is 6.73. The van der Waals surface area contributed by atoms with E-state index < -0.39 is 5.97 Å². The van der Waals surface area contributed by atoms with Crippen molar-refractivity contribution >= 4 is 12.0 Å². The molecule has 2 amide bonds. The molecule has 7 heteroatoms. The number of carboxylic acid groups (broad SMARTS) is 1. The number of benzene rings is 1. The molecule has 0 saturated heterocycles. The summed E-state index contributed by atoms with van der Waals surface area (Å²) in [5, 5.41) is 19.0. The molecule has 0 aliphatic heterocycles. The molecule has 1 aliphatic carbocycles. The molecule has 1 heterocycles. The van der Waals surface area contributed by atoms with Crippen LogP contribution < -0.4 is 10.6 Å². The fraction of sp³-hybridized carbons (Fsp3) is 0.421. The van der Waals surface area contributed by atoms with Crippen molar-refractivity contribution in [1.29, 1.82) is 0 Å². The highest BCUT2D eigenvalue weighted by Crippen LogP contribution is 2.24. The van der Waals surface area contributed by atoms with E-state index in [1.165, 1.54) is 0 Å². The SMILES string of the molecule is O=C(NCc1ccc(Cn2cccn2)cc1)NC1CCC(C(=O)O)CC1. The van der Waals surface area contributed by atoms with Gasteiger partial charge in [-0.05, 0) is 42.9 Å². The van der Waals surface area contributed by atoms with Gasteiger partial charge in [0.05, 0.1) is 12.5 Å². The molecule has 0 radical (unpaired) electrons. The molecule has 26 heavy (non-hydrogen) atoms. The zero-order valence-electron chi connectivity index (χ0n) is 14.6. The predicted octanol–water partition coefficient (Wildman–Crippen LogP) is 2.37. The van der Waals surface area contributed by atoms with Crippen molar-refractivity contribution in [1.82, 2.24) is 20.4 Å². The van der Waals surface area contributed by atoms with Crippen molar-refractivity contribution in [2.45, 2.75) is 44.8 Å². The maximum atomic E-state index is 12.0. The standard InChI is InChI=1S/C19H24N4O3/c24-18(25)16-6-8-17(9-7-16)22-19(26)20-12-14-2-4-15(5-3-14)13-23-11-1-10-21-23/h1-5,10-11,16-17H,6-9,12-13H2,(H,24,25)(H2,20,22,26). The van der Waals surface area contributed by atoms with Crippen LogP contribution in [0.3, 0.4) is 0 Å². The average molecular weight is 356 g/mol. The number of nitrogens with one attached hydrogen (secondary N) is 2. The molecular weight excluding hydrogens is 332 g/mol. The Morgan fingerprint density at radius 3 is 2.42 bits per heavy atom. The van der Waals surface area contributed by atoms with Gasteiger partial charge in [-0.1, -0.05) is 24.3 Å².